The Morgan fingerprint density at radius 3 is 2.75 bits per heavy atom. The normalized spacial score (nSPS) is 10.6. The Balaban J connectivity index is 2.17. The lowest BCUT2D eigenvalue weighted by Crippen LogP contribution is -2.26. The highest BCUT2D eigenvalue weighted by Gasteiger charge is 2.17. The van der Waals surface area contributed by atoms with Crippen LogP contribution in [0, 0.1) is 6.92 Å². The van der Waals surface area contributed by atoms with Crippen molar-refractivity contribution in [3.63, 3.8) is 0 Å². The molecule has 0 aliphatic heterocycles. The van der Waals surface area contributed by atoms with Crippen LogP contribution in [0.25, 0.3) is 0 Å². The Kier molecular flexibility index (Phi) is 4.08. The summed E-state index contributed by atoms with van der Waals surface area (Å²) in [6.07, 6.45) is 0.812. The molecule has 0 bridgehead atoms. The van der Waals surface area contributed by atoms with Crippen LogP contribution >= 0.6 is 0 Å². The average Bonchev–Trinajstić information content (AvgIpc) is 2.84. The van der Waals surface area contributed by atoms with Gasteiger partial charge in [0.05, 0.1) is 12.1 Å². The van der Waals surface area contributed by atoms with Crippen molar-refractivity contribution >= 4 is 5.91 Å². The van der Waals surface area contributed by atoms with E-state index in [1.54, 1.807) is 32.2 Å². The molecule has 5 nitrogen and oxygen atoms in total. The first-order valence-electron chi connectivity index (χ1n) is 6.50. The smallest absolute Gasteiger partial charge is 0.257 e. The van der Waals surface area contributed by atoms with Crippen LogP contribution in [0.3, 0.4) is 0 Å². The number of aromatic nitrogens is 1. The van der Waals surface area contributed by atoms with Gasteiger partial charge in [0, 0.05) is 13.1 Å². The Morgan fingerprint density at radius 1 is 1.40 bits per heavy atom. The maximum Gasteiger partial charge on any atom is 0.257 e. The van der Waals surface area contributed by atoms with E-state index in [1.165, 1.54) is 4.90 Å². The third-order valence-electron chi connectivity index (χ3n) is 3.12. The third-order valence-corrected chi connectivity index (χ3v) is 3.12. The van der Waals surface area contributed by atoms with Gasteiger partial charge >= 0.3 is 0 Å². The summed E-state index contributed by atoms with van der Waals surface area (Å²) in [5.41, 5.74) is 2.01. The molecule has 0 spiro atoms. The topological polar surface area (TPSA) is 66.6 Å². The minimum Gasteiger partial charge on any atom is -0.507 e. The van der Waals surface area contributed by atoms with E-state index in [2.05, 4.69) is 5.16 Å². The summed E-state index contributed by atoms with van der Waals surface area (Å²) in [4.78, 5) is 13.9. The number of carbonyl (C=O) groups excluding carboxylic acids is 1. The largest absolute Gasteiger partial charge is 0.507 e. The zero-order chi connectivity index (χ0) is 14.7. The number of phenolic OH excluding ortho intramolecular Hbond substituents is 1. The molecule has 1 heterocycles. The molecule has 0 unspecified atom stereocenters. The van der Waals surface area contributed by atoms with E-state index in [4.69, 9.17) is 4.52 Å². The van der Waals surface area contributed by atoms with Crippen LogP contribution in [0.15, 0.2) is 28.8 Å². The van der Waals surface area contributed by atoms with Crippen LogP contribution < -0.4 is 0 Å². The van der Waals surface area contributed by atoms with Gasteiger partial charge in [-0.3, -0.25) is 4.79 Å². The van der Waals surface area contributed by atoms with Crippen LogP contribution in [0.2, 0.25) is 0 Å². The van der Waals surface area contributed by atoms with Crippen LogP contribution in [0.5, 0.6) is 5.75 Å². The van der Waals surface area contributed by atoms with Crippen molar-refractivity contribution in [2.75, 3.05) is 7.05 Å². The summed E-state index contributed by atoms with van der Waals surface area (Å²) < 4.78 is 4.97. The van der Waals surface area contributed by atoms with Gasteiger partial charge in [0.25, 0.3) is 5.91 Å². The minimum absolute atomic E-state index is 0.00427. The van der Waals surface area contributed by atoms with Crippen molar-refractivity contribution in [3.05, 3.63) is 46.8 Å². The van der Waals surface area contributed by atoms with E-state index in [9.17, 15) is 9.90 Å². The molecular formula is C15H18N2O3. The van der Waals surface area contributed by atoms with E-state index in [0.717, 1.165) is 12.0 Å². The number of benzene rings is 1. The lowest BCUT2D eigenvalue weighted by atomic mass is 10.1. The minimum atomic E-state index is -0.238. The molecule has 2 aromatic rings. The van der Waals surface area contributed by atoms with Crippen molar-refractivity contribution in [2.45, 2.75) is 26.8 Å². The number of hydrogen-bond donors (Lipinski definition) is 1. The number of rotatable bonds is 4. The van der Waals surface area contributed by atoms with Gasteiger partial charge in [0.2, 0.25) is 0 Å². The fourth-order valence-corrected chi connectivity index (χ4v) is 1.99. The molecule has 106 valence electrons. The number of aromatic hydroxyl groups is 1. The van der Waals surface area contributed by atoms with Crippen molar-refractivity contribution in [1.29, 1.82) is 0 Å². The average molecular weight is 274 g/mol. The highest BCUT2D eigenvalue weighted by atomic mass is 16.5. The second kappa shape index (κ2) is 5.77. The Bertz CT molecular complexity index is 619. The maximum atomic E-state index is 12.4. The number of phenols is 1. The molecule has 1 aromatic heterocycles. The van der Waals surface area contributed by atoms with Crippen LogP contribution in [0.1, 0.15) is 34.3 Å². The van der Waals surface area contributed by atoms with Gasteiger partial charge in [-0.05, 0) is 31.0 Å². The summed E-state index contributed by atoms with van der Waals surface area (Å²) in [5.74, 6) is 0.463. The lowest BCUT2D eigenvalue weighted by molar-refractivity contribution is 0.0779. The van der Waals surface area contributed by atoms with Crippen molar-refractivity contribution in [1.82, 2.24) is 10.1 Å². The Labute approximate surface area is 117 Å². The SMILES string of the molecule is CCc1ccc(O)c(C(=O)N(C)Cc2cc(C)on2)c1. The van der Waals surface area contributed by atoms with Gasteiger partial charge in [0.15, 0.2) is 0 Å². The highest BCUT2D eigenvalue weighted by Crippen LogP contribution is 2.21. The fraction of sp³-hybridized carbons (Fsp3) is 0.333. The zero-order valence-corrected chi connectivity index (χ0v) is 11.9. The first-order valence-corrected chi connectivity index (χ1v) is 6.50. The summed E-state index contributed by atoms with van der Waals surface area (Å²) in [7, 11) is 1.67. The van der Waals surface area contributed by atoms with Gasteiger partial charge in [-0.15, -0.1) is 0 Å². The van der Waals surface area contributed by atoms with Crippen molar-refractivity contribution < 1.29 is 14.4 Å². The summed E-state index contributed by atoms with van der Waals surface area (Å²) >= 11 is 0. The number of carbonyl (C=O) groups is 1. The molecule has 2 rings (SSSR count). The molecule has 1 amide bonds. The third kappa shape index (κ3) is 2.99. The molecule has 0 aliphatic rings. The molecule has 1 aromatic carbocycles. The van der Waals surface area contributed by atoms with Crippen LogP contribution in [-0.4, -0.2) is 28.1 Å². The lowest BCUT2D eigenvalue weighted by Gasteiger charge is -2.16. The number of nitrogens with zero attached hydrogens (tertiary/aromatic N) is 2. The molecule has 5 heteroatoms. The molecule has 0 radical (unpaired) electrons. The van der Waals surface area contributed by atoms with Crippen molar-refractivity contribution in [3.8, 4) is 5.75 Å². The molecule has 0 saturated heterocycles. The van der Waals surface area contributed by atoms with Crippen molar-refractivity contribution in [2.24, 2.45) is 0 Å². The van der Waals surface area contributed by atoms with Gasteiger partial charge < -0.3 is 14.5 Å². The molecule has 0 atom stereocenters. The first kappa shape index (κ1) is 14.1. The quantitative estimate of drug-likeness (QED) is 0.930. The molecule has 0 aliphatic carbocycles. The molecule has 1 N–H and O–H groups in total. The predicted octanol–water partition coefficient (Wildman–Crippen LogP) is 2.52. The van der Waals surface area contributed by atoms with E-state index < -0.39 is 0 Å². The highest BCUT2D eigenvalue weighted by molar-refractivity contribution is 5.96. The predicted molar refractivity (Wildman–Crippen MR) is 74.5 cm³/mol. The number of hydrogen-bond acceptors (Lipinski definition) is 4. The summed E-state index contributed by atoms with van der Waals surface area (Å²) in [6, 6.07) is 6.88. The molecule has 0 fully saturated rings. The summed E-state index contributed by atoms with van der Waals surface area (Å²) in [6.45, 7) is 4.14. The standard InChI is InChI=1S/C15H18N2O3/c1-4-11-5-6-14(18)13(8-11)15(19)17(3)9-12-7-10(2)20-16-12/h5-8,18H,4,9H2,1-3H3. The van der Waals surface area contributed by atoms with Crippen LogP contribution in [0.4, 0.5) is 0 Å². The van der Waals surface area contributed by atoms with Crippen LogP contribution in [-0.2, 0) is 13.0 Å². The Morgan fingerprint density at radius 2 is 2.15 bits per heavy atom. The van der Waals surface area contributed by atoms with E-state index in [-0.39, 0.29) is 11.7 Å². The molecule has 20 heavy (non-hydrogen) atoms. The fourth-order valence-electron chi connectivity index (χ4n) is 1.99. The van der Waals surface area contributed by atoms with E-state index in [0.29, 0.717) is 23.6 Å². The number of amides is 1. The zero-order valence-electron chi connectivity index (χ0n) is 11.9. The van der Waals surface area contributed by atoms with E-state index in [1.807, 2.05) is 13.0 Å². The second-order valence-corrected chi connectivity index (χ2v) is 4.80. The number of aryl methyl sites for hydroxylation is 2. The first-order chi connectivity index (χ1) is 9.51. The van der Waals surface area contributed by atoms with Gasteiger partial charge in [0.1, 0.15) is 17.2 Å². The van der Waals surface area contributed by atoms with E-state index >= 15 is 0 Å². The van der Waals surface area contributed by atoms with Gasteiger partial charge in [-0.1, -0.05) is 18.1 Å². The molecular weight excluding hydrogens is 256 g/mol. The second-order valence-electron chi connectivity index (χ2n) is 4.80. The molecule has 0 saturated carbocycles. The van der Waals surface area contributed by atoms with Gasteiger partial charge in [-0.25, -0.2) is 0 Å². The monoisotopic (exact) mass is 274 g/mol. The summed E-state index contributed by atoms with van der Waals surface area (Å²) in [5, 5.41) is 13.7. The van der Waals surface area contributed by atoms with Gasteiger partial charge in [-0.2, -0.15) is 0 Å². The Hall–Kier alpha value is -2.30. The maximum absolute atomic E-state index is 12.4.